The molecule has 0 fully saturated rings. The molecule has 2 rings (SSSR count). The van der Waals surface area contributed by atoms with Gasteiger partial charge in [0.25, 0.3) is 0 Å². The summed E-state index contributed by atoms with van der Waals surface area (Å²) in [6, 6.07) is 7.79. The molecule has 2 aromatic rings. The first-order valence-electron chi connectivity index (χ1n) is 5.51. The highest BCUT2D eigenvalue weighted by molar-refractivity contribution is 7.09. The Morgan fingerprint density at radius 2 is 2.12 bits per heavy atom. The van der Waals surface area contributed by atoms with Crippen molar-refractivity contribution in [1.29, 1.82) is 0 Å². The zero-order chi connectivity index (χ0) is 12.1. The van der Waals surface area contributed by atoms with E-state index in [0.29, 0.717) is 0 Å². The number of hydrogen-bond donors (Lipinski definition) is 1. The van der Waals surface area contributed by atoms with Crippen molar-refractivity contribution in [2.75, 3.05) is 6.61 Å². The summed E-state index contributed by atoms with van der Waals surface area (Å²) in [4.78, 5) is 5.25. The molecule has 1 N–H and O–H groups in total. The molecule has 0 saturated carbocycles. The Hall–Kier alpha value is -0.900. The summed E-state index contributed by atoms with van der Waals surface area (Å²) >= 11 is 7.74. The zero-order valence-electron chi connectivity index (χ0n) is 9.34. The zero-order valence-corrected chi connectivity index (χ0v) is 10.9. The van der Waals surface area contributed by atoms with Crippen molar-refractivity contribution >= 4 is 22.9 Å². The van der Waals surface area contributed by atoms with Crippen LogP contribution in [-0.2, 0) is 12.8 Å². The van der Waals surface area contributed by atoms with Crippen molar-refractivity contribution in [2.45, 2.75) is 12.8 Å². The quantitative estimate of drug-likeness (QED) is 0.903. The summed E-state index contributed by atoms with van der Waals surface area (Å²) < 4.78 is 0. The highest BCUT2D eigenvalue weighted by Crippen LogP contribution is 2.21. The fraction of sp³-hybridized carbons (Fsp3) is 0.308. The fourth-order valence-electron chi connectivity index (χ4n) is 1.80. The van der Waals surface area contributed by atoms with E-state index in [1.165, 1.54) is 4.88 Å². The molecule has 1 heterocycles. The molecule has 0 bridgehead atoms. The second-order valence-electron chi connectivity index (χ2n) is 4.02. The summed E-state index contributed by atoms with van der Waals surface area (Å²) in [6.07, 6.45) is 3.51. The van der Waals surface area contributed by atoms with E-state index in [2.05, 4.69) is 4.98 Å². The lowest BCUT2D eigenvalue weighted by atomic mass is 9.96. The Morgan fingerprint density at radius 3 is 2.76 bits per heavy atom. The Morgan fingerprint density at radius 1 is 1.29 bits per heavy atom. The SMILES string of the molecule is OCC(Cc1cncs1)Cc1ccccc1Cl. The van der Waals surface area contributed by atoms with Gasteiger partial charge >= 0.3 is 0 Å². The van der Waals surface area contributed by atoms with Crippen molar-refractivity contribution in [3.63, 3.8) is 0 Å². The van der Waals surface area contributed by atoms with E-state index >= 15 is 0 Å². The number of aromatic nitrogens is 1. The molecule has 0 aliphatic rings. The first kappa shape index (κ1) is 12.6. The van der Waals surface area contributed by atoms with Crippen LogP contribution in [0.1, 0.15) is 10.4 Å². The Labute approximate surface area is 110 Å². The molecule has 0 amide bonds. The maximum atomic E-state index is 9.42. The molecule has 90 valence electrons. The Bertz CT molecular complexity index is 458. The normalized spacial score (nSPS) is 12.6. The van der Waals surface area contributed by atoms with Crippen molar-refractivity contribution in [3.05, 3.63) is 51.4 Å². The monoisotopic (exact) mass is 267 g/mol. The number of aliphatic hydroxyl groups excluding tert-OH is 1. The molecule has 1 unspecified atom stereocenters. The Kier molecular flexibility index (Phi) is 4.54. The Balaban J connectivity index is 2.03. The minimum Gasteiger partial charge on any atom is -0.396 e. The lowest BCUT2D eigenvalue weighted by molar-refractivity contribution is 0.225. The fourth-order valence-corrected chi connectivity index (χ4v) is 2.73. The molecule has 0 aliphatic carbocycles. The number of hydrogen-bond acceptors (Lipinski definition) is 3. The number of benzene rings is 1. The minimum atomic E-state index is 0.170. The van der Waals surface area contributed by atoms with Gasteiger partial charge in [0, 0.05) is 22.7 Å². The highest BCUT2D eigenvalue weighted by Gasteiger charge is 2.12. The number of thiazole rings is 1. The van der Waals surface area contributed by atoms with Crippen LogP contribution in [0.5, 0.6) is 0 Å². The average Bonchev–Trinajstić information content (AvgIpc) is 2.84. The van der Waals surface area contributed by atoms with Gasteiger partial charge in [-0.1, -0.05) is 29.8 Å². The molecular formula is C13H14ClNOS. The van der Waals surface area contributed by atoms with Crippen LogP contribution in [0.3, 0.4) is 0 Å². The van der Waals surface area contributed by atoms with Gasteiger partial charge < -0.3 is 5.11 Å². The largest absolute Gasteiger partial charge is 0.396 e. The number of halogens is 1. The summed E-state index contributed by atoms with van der Waals surface area (Å²) in [5.74, 6) is 0.204. The number of rotatable bonds is 5. The van der Waals surface area contributed by atoms with Crippen LogP contribution in [0.15, 0.2) is 36.0 Å². The summed E-state index contributed by atoms with van der Waals surface area (Å²) in [5, 5.41) is 10.2. The molecule has 0 saturated heterocycles. The number of aliphatic hydroxyl groups is 1. The van der Waals surface area contributed by atoms with Gasteiger partial charge in [0.2, 0.25) is 0 Å². The minimum absolute atomic E-state index is 0.170. The van der Waals surface area contributed by atoms with Crippen LogP contribution in [0.4, 0.5) is 0 Å². The van der Waals surface area contributed by atoms with Crippen molar-refractivity contribution in [3.8, 4) is 0 Å². The predicted octanol–water partition coefficient (Wildman–Crippen LogP) is 3.19. The molecular weight excluding hydrogens is 254 g/mol. The highest BCUT2D eigenvalue weighted by atomic mass is 35.5. The van der Waals surface area contributed by atoms with E-state index in [4.69, 9.17) is 11.6 Å². The van der Waals surface area contributed by atoms with Gasteiger partial charge in [-0.3, -0.25) is 4.98 Å². The molecule has 1 aromatic heterocycles. The topological polar surface area (TPSA) is 33.1 Å². The van der Waals surface area contributed by atoms with Crippen LogP contribution < -0.4 is 0 Å². The summed E-state index contributed by atoms with van der Waals surface area (Å²) in [6.45, 7) is 0.170. The molecule has 0 radical (unpaired) electrons. The molecule has 0 spiro atoms. The first-order valence-corrected chi connectivity index (χ1v) is 6.77. The molecule has 2 nitrogen and oxygen atoms in total. The predicted molar refractivity (Wildman–Crippen MR) is 71.5 cm³/mol. The molecule has 0 aliphatic heterocycles. The summed E-state index contributed by atoms with van der Waals surface area (Å²) in [7, 11) is 0. The lowest BCUT2D eigenvalue weighted by Crippen LogP contribution is -2.12. The van der Waals surface area contributed by atoms with Crippen LogP contribution in [0, 0.1) is 5.92 Å². The maximum absolute atomic E-state index is 9.42. The van der Waals surface area contributed by atoms with Crippen LogP contribution in [0.25, 0.3) is 0 Å². The van der Waals surface area contributed by atoms with E-state index in [-0.39, 0.29) is 12.5 Å². The second kappa shape index (κ2) is 6.15. The van der Waals surface area contributed by atoms with Crippen molar-refractivity contribution in [2.24, 2.45) is 5.92 Å². The van der Waals surface area contributed by atoms with Gasteiger partial charge in [-0.25, -0.2) is 0 Å². The third-order valence-corrected chi connectivity index (χ3v) is 3.87. The smallest absolute Gasteiger partial charge is 0.0794 e. The van der Waals surface area contributed by atoms with Gasteiger partial charge in [-0.2, -0.15) is 0 Å². The molecule has 4 heteroatoms. The standard InChI is InChI=1S/C13H14ClNOS/c14-13-4-2-1-3-11(13)5-10(8-16)6-12-7-15-9-17-12/h1-4,7,9-10,16H,5-6,8H2. The van der Waals surface area contributed by atoms with Crippen LogP contribution >= 0.6 is 22.9 Å². The van der Waals surface area contributed by atoms with Gasteiger partial charge in [-0.15, -0.1) is 11.3 Å². The lowest BCUT2D eigenvalue weighted by Gasteiger charge is -2.13. The van der Waals surface area contributed by atoms with E-state index in [9.17, 15) is 5.11 Å². The third kappa shape index (κ3) is 3.53. The van der Waals surface area contributed by atoms with Crippen LogP contribution in [-0.4, -0.2) is 16.7 Å². The van der Waals surface area contributed by atoms with Crippen molar-refractivity contribution < 1.29 is 5.11 Å². The van der Waals surface area contributed by atoms with Crippen molar-refractivity contribution in [1.82, 2.24) is 4.98 Å². The molecule has 1 aromatic carbocycles. The van der Waals surface area contributed by atoms with E-state index in [0.717, 1.165) is 23.4 Å². The van der Waals surface area contributed by atoms with E-state index in [1.807, 2.05) is 36.0 Å². The van der Waals surface area contributed by atoms with Gasteiger partial charge in [-0.05, 0) is 30.4 Å². The molecule has 1 atom stereocenters. The van der Waals surface area contributed by atoms with Crippen LogP contribution in [0.2, 0.25) is 5.02 Å². The second-order valence-corrected chi connectivity index (χ2v) is 5.39. The van der Waals surface area contributed by atoms with E-state index < -0.39 is 0 Å². The average molecular weight is 268 g/mol. The maximum Gasteiger partial charge on any atom is 0.0794 e. The third-order valence-electron chi connectivity index (χ3n) is 2.70. The van der Waals surface area contributed by atoms with Gasteiger partial charge in [0.05, 0.1) is 5.51 Å². The van der Waals surface area contributed by atoms with E-state index in [1.54, 1.807) is 11.3 Å². The number of nitrogens with zero attached hydrogens (tertiary/aromatic N) is 1. The first-order chi connectivity index (χ1) is 8.29. The molecule has 17 heavy (non-hydrogen) atoms. The van der Waals surface area contributed by atoms with Gasteiger partial charge in [0.1, 0.15) is 0 Å². The van der Waals surface area contributed by atoms with Gasteiger partial charge in [0.15, 0.2) is 0 Å². The summed E-state index contributed by atoms with van der Waals surface area (Å²) in [5.41, 5.74) is 2.91.